The summed E-state index contributed by atoms with van der Waals surface area (Å²) in [5.74, 6) is 0.0172. The highest BCUT2D eigenvalue weighted by Crippen LogP contribution is 2.28. The van der Waals surface area contributed by atoms with Crippen molar-refractivity contribution in [2.24, 2.45) is 7.05 Å². The van der Waals surface area contributed by atoms with Crippen LogP contribution in [-0.4, -0.2) is 17.0 Å². The SMILES string of the molecule is CCCCN(C(=O)c1cc(Br)c(Br)n1C)c1ccccc1. The van der Waals surface area contributed by atoms with Crippen molar-refractivity contribution >= 4 is 43.5 Å². The summed E-state index contributed by atoms with van der Waals surface area (Å²) in [7, 11) is 1.88. The van der Waals surface area contributed by atoms with Crippen molar-refractivity contribution < 1.29 is 4.79 Å². The molecule has 3 nitrogen and oxygen atoms in total. The van der Waals surface area contributed by atoms with E-state index in [1.165, 1.54) is 0 Å². The highest BCUT2D eigenvalue weighted by atomic mass is 79.9. The molecule has 0 unspecified atom stereocenters. The number of unbranched alkanes of at least 4 members (excludes halogenated alkanes) is 1. The summed E-state index contributed by atoms with van der Waals surface area (Å²) in [6.07, 6.45) is 2.03. The lowest BCUT2D eigenvalue weighted by atomic mass is 10.2. The molecule has 112 valence electrons. The van der Waals surface area contributed by atoms with Crippen LogP contribution in [0.4, 0.5) is 5.69 Å². The van der Waals surface area contributed by atoms with Crippen molar-refractivity contribution in [3.8, 4) is 0 Å². The molecule has 2 aromatic rings. The maximum Gasteiger partial charge on any atom is 0.274 e. The average molecular weight is 414 g/mol. The maximum atomic E-state index is 12.9. The Balaban J connectivity index is 2.36. The standard InChI is InChI=1S/C16H18Br2N2O/c1-3-4-10-20(12-8-6-5-7-9-12)16(21)14-11-13(17)15(18)19(14)2/h5-9,11H,3-4,10H2,1-2H3. The predicted octanol–water partition coefficient (Wildman–Crippen LogP) is 5.00. The Morgan fingerprint density at radius 2 is 1.90 bits per heavy atom. The Hall–Kier alpha value is -1.07. The predicted molar refractivity (Wildman–Crippen MR) is 93.8 cm³/mol. The van der Waals surface area contributed by atoms with E-state index in [2.05, 4.69) is 38.8 Å². The van der Waals surface area contributed by atoms with Gasteiger partial charge in [0.15, 0.2) is 0 Å². The largest absolute Gasteiger partial charge is 0.333 e. The van der Waals surface area contributed by atoms with Crippen LogP contribution in [0.15, 0.2) is 45.5 Å². The number of hydrogen-bond acceptors (Lipinski definition) is 1. The molecule has 5 heteroatoms. The number of benzene rings is 1. The van der Waals surface area contributed by atoms with Crippen molar-refractivity contribution in [3.63, 3.8) is 0 Å². The minimum absolute atomic E-state index is 0.0172. The molecule has 0 saturated heterocycles. The molecule has 1 aromatic heterocycles. The number of hydrogen-bond donors (Lipinski definition) is 0. The van der Waals surface area contributed by atoms with Crippen LogP contribution in [0, 0.1) is 0 Å². The highest BCUT2D eigenvalue weighted by Gasteiger charge is 2.22. The van der Waals surface area contributed by atoms with Gasteiger partial charge < -0.3 is 9.47 Å². The summed E-state index contributed by atoms with van der Waals surface area (Å²) < 4.78 is 3.61. The van der Waals surface area contributed by atoms with Gasteiger partial charge in [-0.25, -0.2) is 0 Å². The zero-order valence-electron chi connectivity index (χ0n) is 12.1. The molecule has 2 rings (SSSR count). The van der Waals surface area contributed by atoms with Crippen LogP contribution in [0.25, 0.3) is 0 Å². The lowest BCUT2D eigenvalue weighted by Gasteiger charge is -2.23. The minimum Gasteiger partial charge on any atom is -0.333 e. The van der Waals surface area contributed by atoms with E-state index in [1.54, 1.807) is 0 Å². The number of para-hydroxylation sites is 1. The zero-order valence-corrected chi connectivity index (χ0v) is 15.3. The number of halogens is 2. The summed E-state index contributed by atoms with van der Waals surface area (Å²) >= 11 is 6.93. The van der Waals surface area contributed by atoms with E-state index in [-0.39, 0.29) is 5.91 Å². The van der Waals surface area contributed by atoms with Crippen molar-refractivity contribution in [3.05, 3.63) is 51.2 Å². The third-order valence-electron chi connectivity index (χ3n) is 3.38. The molecule has 1 heterocycles. The number of aromatic nitrogens is 1. The third-order valence-corrected chi connectivity index (χ3v) is 5.48. The molecule has 0 fully saturated rings. The molecule has 21 heavy (non-hydrogen) atoms. The molecule has 0 aliphatic carbocycles. The van der Waals surface area contributed by atoms with Crippen molar-refractivity contribution in [2.75, 3.05) is 11.4 Å². The van der Waals surface area contributed by atoms with Crippen LogP contribution in [0.3, 0.4) is 0 Å². The van der Waals surface area contributed by atoms with Gasteiger partial charge >= 0.3 is 0 Å². The third kappa shape index (κ3) is 3.58. The molecule has 0 spiro atoms. The average Bonchev–Trinajstić information content (AvgIpc) is 2.76. The molecule has 1 amide bonds. The van der Waals surface area contributed by atoms with Gasteiger partial charge in [-0.3, -0.25) is 4.79 Å². The minimum atomic E-state index is 0.0172. The van der Waals surface area contributed by atoms with Gasteiger partial charge in [-0.1, -0.05) is 31.5 Å². The second kappa shape index (κ2) is 7.27. The fourth-order valence-corrected chi connectivity index (χ4v) is 2.95. The Labute approximate surface area is 142 Å². The van der Waals surface area contributed by atoms with Crippen LogP contribution in [0.5, 0.6) is 0 Å². The van der Waals surface area contributed by atoms with Crippen LogP contribution < -0.4 is 4.90 Å². The lowest BCUT2D eigenvalue weighted by Crippen LogP contribution is -2.33. The van der Waals surface area contributed by atoms with Gasteiger partial charge in [0.05, 0.1) is 9.08 Å². The Morgan fingerprint density at radius 3 is 2.43 bits per heavy atom. The van der Waals surface area contributed by atoms with Crippen molar-refractivity contribution in [1.82, 2.24) is 4.57 Å². The second-order valence-corrected chi connectivity index (χ2v) is 6.48. The molecule has 0 N–H and O–H groups in total. The monoisotopic (exact) mass is 412 g/mol. The van der Waals surface area contributed by atoms with Gasteiger partial charge in [0.1, 0.15) is 5.69 Å². The van der Waals surface area contributed by atoms with E-state index in [0.29, 0.717) is 5.69 Å². The summed E-state index contributed by atoms with van der Waals surface area (Å²) in [5, 5.41) is 0. The van der Waals surface area contributed by atoms with Gasteiger partial charge in [0.25, 0.3) is 5.91 Å². The first kappa shape index (κ1) is 16.3. The van der Waals surface area contributed by atoms with Crippen LogP contribution in [0.1, 0.15) is 30.3 Å². The molecule has 0 atom stereocenters. The van der Waals surface area contributed by atoms with E-state index < -0.39 is 0 Å². The fraction of sp³-hybridized carbons (Fsp3) is 0.312. The number of nitrogens with zero attached hydrogens (tertiary/aromatic N) is 2. The molecule has 0 aliphatic rings. The number of carbonyl (C=O) groups excluding carboxylic acids is 1. The molecular weight excluding hydrogens is 396 g/mol. The fourth-order valence-electron chi connectivity index (χ4n) is 2.16. The lowest BCUT2D eigenvalue weighted by molar-refractivity contribution is 0.0978. The van der Waals surface area contributed by atoms with Gasteiger partial charge in [0, 0.05) is 19.3 Å². The number of amides is 1. The van der Waals surface area contributed by atoms with E-state index in [4.69, 9.17) is 0 Å². The summed E-state index contributed by atoms with van der Waals surface area (Å²) in [6, 6.07) is 11.7. The van der Waals surface area contributed by atoms with Gasteiger partial charge in [-0.15, -0.1) is 0 Å². The van der Waals surface area contributed by atoms with E-state index >= 15 is 0 Å². The van der Waals surface area contributed by atoms with E-state index in [0.717, 1.165) is 34.1 Å². The molecule has 0 aliphatic heterocycles. The van der Waals surface area contributed by atoms with Crippen LogP contribution in [-0.2, 0) is 7.05 Å². The zero-order chi connectivity index (χ0) is 15.4. The highest BCUT2D eigenvalue weighted by molar-refractivity contribution is 9.13. The van der Waals surface area contributed by atoms with Crippen molar-refractivity contribution in [1.29, 1.82) is 0 Å². The van der Waals surface area contributed by atoms with Crippen LogP contribution >= 0.6 is 31.9 Å². The van der Waals surface area contributed by atoms with Crippen molar-refractivity contribution in [2.45, 2.75) is 19.8 Å². The smallest absolute Gasteiger partial charge is 0.274 e. The molecule has 1 aromatic carbocycles. The first-order valence-corrected chi connectivity index (χ1v) is 8.52. The van der Waals surface area contributed by atoms with E-state index in [1.807, 2.05) is 52.9 Å². The molecule has 0 bridgehead atoms. The number of carbonyl (C=O) groups is 1. The second-order valence-electron chi connectivity index (χ2n) is 4.87. The molecule has 0 saturated carbocycles. The number of rotatable bonds is 5. The van der Waals surface area contributed by atoms with Gasteiger partial charge in [-0.2, -0.15) is 0 Å². The summed E-state index contributed by atoms with van der Waals surface area (Å²) in [5.41, 5.74) is 1.60. The summed E-state index contributed by atoms with van der Waals surface area (Å²) in [6.45, 7) is 2.85. The first-order valence-electron chi connectivity index (χ1n) is 6.94. The van der Waals surface area contributed by atoms with E-state index in [9.17, 15) is 4.79 Å². The quantitative estimate of drug-likeness (QED) is 0.677. The van der Waals surface area contributed by atoms with Crippen LogP contribution in [0.2, 0.25) is 0 Å². The molecule has 0 radical (unpaired) electrons. The van der Waals surface area contributed by atoms with Gasteiger partial charge in [0.2, 0.25) is 0 Å². The maximum absolute atomic E-state index is 12.9. The Bertz CT molecular complexity index is 623. The molecular formula is C16H18Br2N2O. The Kier molecular flexibility index (Phi) is 5.65. The first-order chi connectivity index (χ1) is 10.1. The number of anilines is 1. The van der Waals surface area contributed by atoms with Gasteiger partial charge in [-0.05, 0) is 56.5 Å². The normalized spacial score (nSPS) is 10.7. The summed E-state index contributed by atoms with van der Waals surface area (Å²) in [4.78, 5) is 14.7. The Morgan fingerprint density at radius 1 is 1.24 bits per heavy atom. The topological polar surface area (TPSA) is 25.2 Å².